The number of benzene rings is 1. The molecule has 1 aromatic carbocycles. The van der Waals surface area contributed by atoms with Crippen molar-refractivity contribution < 1.29 is 19.1 Å². The molecule has 0 bridgehead atoms. The van der Waals surface area contributed by atoms with Crippen LogP contribution in [0.4, 0.5) is 0 Å². The van der Waals surface area contributed by atoms with Crippen molar-refractivity contribution in [2.45, 2.75) is 25.9 Å². The SMILES string of the molecule is COC(=O)C1(C)Cc2c(C)cccc2C(=O)O1. The van der Waals surface area contributed by atoms with Crippen LogP contribution in [0.2, 0.25) is 0 Å². The molecule has 90 valence electrons. The van der Waals surface area contributed by atoms with E-state index < -0.39 is 17.5 Å². The standard InChI is InChI=1S/C13H14O4/c1-8-5-4-6-9-10(8)7-13(2,12(15)16-3)17-11(9)14/h4-6H,7H2,1-3H3. The van der Waals surface area contributed by atoms with E-state index in [2.05, 4.69) is 4.74 Å². The monoisotopic (exact) mass is 234 g/mol. The summed E-state index contributed by atoms with van der Waals surface area (Å²) in [7, 11) is 1.29. The molecule has 1 aliphatic heterocycles. The van der Waals surface area contributed by atoms with Gasteiger partial charge in [0, 0.05) is 6.42 Å². The van der Waals surface area contributed by atoms with Gasteiger partial charge in [-0.3, -0.25) is 0 Å². The average Bonchev–Trinajstić information content (AvgIpc) is 2.29. The van der Waals surface area contributed by atoms with E-state index in [1.54, 1.807) is 19.1 Å². The van der Waals surface area contributed by atoms with Crippen LogP contribution < -0.4 is 0 Å². The van der Waals surface area contributed by atoms with E-state index in [0.29, 0.717) is 12.0 Å². The molecule has 0 aliphatic carbocycles. The highest BCUT2D eigenvalue weighted by Gasteiger charge is 2.44. The van der Waals surface area contributed by atoms with Crippen LogP contribution in [0.15, 0.2) is 18.2 Å². The summed E-state index contributed by atoms with van der Waals surface area (Å²) in [6.45, 7) is 3.49. The Morgan fingerprint density at radius 2 is 2.18 bits per heavy atom. The topological polar surface area (TPSA) is 52.6 Å². The molecule has 0 fully saturated rings. The van der Waals surface area contributed by atoms with Crippen molar-refractivity contribution in [3.05, 3.63) is 34.9 Å². The molecule has 17 heavy (non-hydrogen) atoms. The molecule has 0 spiro atoms. The first-order valence-electron chi connectivity index (χ1n) is 5.38. The zero-order valence-corrected chi connectivity index (χ0v) is 10.1. The van der Waals surface area contributed by atoms with E-state index >= 15 is 0 Å². The summed E-state index contributed by atoms with van der Waals surface area (Å²) in [6, 6.07) is 5.42. The van der Waals surface area contributed by atoms with Gasteiger partial charge in [-0.15, -0.1) is 0 Å². The Morgan fingerprint density at radius 3 is 2.82 bits per heavy atom. The Hall–Kier alpha value is -1.84. The lowest BCUT2D eigenvalue weighted by Crippen LogP contribution is -2.46. The number of hydrogen-bond donors (Lipinski definition) is 0. The van der Waals surface area contributed by atoms with Crippen molar-refractivity contribution >= 4 is 11.9 Å². The maximum atomic E-state index is 11.8. The lowest BCUT2D eigenvalue weighted by Gasteiger charge is -2.32. The normalized spacial score (nSPS) is 22.6. The highest BCUT2D eigenvalue weighted by atomic mass is 16.6. The van der Waals surface area contributed by atoms with Crippen molar-refractivity contribution in [1.29, 1.82) is 0 Å². The van der Waals surface area contributed by atoms with E-state index in [4.69, 9.17) is 4.74 Å². The second-order valence-electron chi connectivity index (χ2n) is 4.39. The first-order chi connectivity index (χ1) is 7.98. The van der Waals surface area contributed by atoms with Crippen LogP contribution in [0.1, 0.15) is 28.4 Å². The number of methoxy groups -OCH3 is 1. The van der Waals surface area contributed by atoms with Gasteiger partial charge in [0.2, 0.25) is 5.60 Å². The second-order valence-corrected chi connectivity index (χ2v) is 4.39. The van der Waals surface area contributed by atoms with E-state index in [9.17, 15) is 9.59 Å². The molecular formula is C13H14O4. The van der Waals surface area contributed by atoms with Gasteiger partial charge in [-0.2, -0.15) is 0 Å². The summed E-state index contributed by atoms with van der Waals surface area (Å²) in [5, 5.41) is 0. The highest BCUT2D eigenvalue weighted by Crippen LogP contribution is 2.30. The highest BCUT2D eigenvalue weighted by molar-refractivity contribution is 5.96. The lowest BCUT2D eigenvalue weighted by molar-refractivity contribution is -0.161. The minimum absolute atomic E-state index is 0.355. The van der Waals surface area contributed by atoms with E-state index in [1.807, 2.05) is 13.0 Å². The van der Waals surface area contributed by atoms with Crippen molar-refractivity contribution in [3.8, 4) is 0 Å². The minimum atomic E-state index is -1.22. The van der Waals surface area contributed by atoms with Crippen LogP contribution in [0.3, 0.4) is 0 Å². The van der Waals surface area contributed by atoms with Gasteiger partial charge in [-0.25, -0.2) is 9.59 Å². The molecule has 4 heteroatoms. The van der Waals surface area contributed by atoms with E-state index in [0.717, 1.165) is 11.1 Å². The van der Waals surface area contributed by atoms with Crippen LogP contribution >= 0.6 is 0 Å². The van der Waals surface area contributed by atoms with Gasteiger partial charge < -0.3 is 9.47 Å². The fraction of sp³-hybridized carbons (Fsp3) is 0.385. The summed E-state index contributed by atoms with van der Waals surface area (Å²) in [5.41, 5.74) is 1.16. The molecule has 1 heterocycles. The van der Waals surface area contributed by atoms with Gasteiger partial charge in [0.15, 0.2) is 0 Å². The Labute approximate surface area is 99.5 Å². The molecule has 4 nitrogen and oxygen atoms in total. The molecule has 0 aromatic heterocycles. The minimum Gasteiger partial charge on any atom is -0.466 e. The van der Waals surface area contributed by atoms with Gasteiger partial charge in [0.1, 0.15) is 0 Å². The third-order valence-electron chi connectivity index (χ3n) is 3.08. The predicted octanol–water partition coefficient (Wildman–Crippen LogP) is 1.64. The summed E-state index contributed by atoms with van der Waals surface area (Å²) >= 11 is 0. The fourth-order valence-electron chi connectivity index (χ4n) is 2.09. The molecule has 0 saturated carbocycles. The van der Waals surface area contributed by atoms with Crippen LogP contribution in [-0.4, -0.2) is 24.6 Å². The van der Waals surface area contributed by atoms with Gasteiger partial charge in [0.25, 0.3) is 0 Å². The Bertz CT molecular complexity index is 492. The molecule has 2 rings (SSSR count). The number of cyclic esters (lactones) is 1. The summed E-state index contributed by atoms with van der Waals surface area (Å²) in [6.07, 6.45) is 0.355. The molecule has 1 aliphatic rings. The Kier molecular flexibility index (Phi) is 2.65. The molecule has 0 amide bonds. The number of fused-ring (bicyclic) bond motifs is 1. The molecule has 1 aromatic rings. The first-order valence-corrected chi connectivity index (χ1v) is 5.38. The number of esters is 2. The predicted molar refractivity (Wildman–Crippen MR) is 60.7 cm³/mol. The number of aryl methyl sites for hydroxylation is 1. The summed E-state index contributed by atoms with van der Waals surface area (Å²) < 4.78 is 9.87. The zero-order valence-electron chi connectivity index (χ0n) is 10.1. The van der Waals surface area contributed by atoms with Crippen molar-refractivity contribution in [2.75, 3.05) is 7.11 Å². The van der Waals surface area contributed by atoms with E-state index in [1.165, 1.54) is 7.11 Å². The van der Waals surface area contributed by atoms with Crippen LogP contribution in [0.25, 0.3) is 0 Å². The number of carbonyl (C=O) groups is 2. The quantitative estimate of drug-likeness (QED) is 0.693. The smallest absolute Gasteiger partial charge is 0.350 e. The Morgan fingerprint density at radius 1 is 1.47 bits per heavy atom. The number of ether oxygens (including phenoxy) is 2. The fourth-order valence-corrected chi connectivity index (χ4v) is 2.09. The number of carbonyl (C=O) groups excluding carboxylic acids is 2. The van der Waals surface area contributed by atoms with Crippen LogP contribution in [-0.2, 0) is 20.7 Å². The maximum absolute atomic E-state index is 11.8. The van der Waals surface area contributed by atoms with Crippen molar-refractivity contribution in [3.63, 3.8) is 0 Å². The first kappa shape index (κ1) is 11.6. The van der Waals surface area contributed by atoms with Crippen LogP contribution in [0.5, 0.6) is 0 Å². The van der Waals surface area contributed by atoms with Crippen LogP contribution in [0, 0.1) is 6.92 Å². The molecule has 0 saturated heterocycles. The van der Waals surface area contributed by atoms with Gasteiger partial charge >= 0.3 is 11.9 Å². The van der Waals surface area contributed by atoms with Gasteiger partial charge in [-0.05, 0) is 31.0 Å². The van der Waals surface area contributed by atoms with Crippen molar-refractivity contribution in [1.82, 2.24) is 0 Å². The largest absolute Gasteiger partial charge is 0.466 e. The molecule has 1 unspecified atom stereocenters. The lowest BCUT2D eigenvalue weighted by atomic mass is 9.87. The molecule has 1 atom stereocenters. The van der Waals surface area contributed by atoms with E-state index in [-0.39, 0.29) is 0 Å². The third-order valence-corrected chi connectivity index (χ3v) is 3.08. The molecule has 0 radical (unpaired) electrons. The van der Waals surface area contributed by atoms with Crippen molar-refractivity contribution in [2.24, 2.45) is 0 Å². The second kappa shape index (κ2) is 3.87. The maximum Gasteiger partial charge on any atom is 0.350 e. The van der Waals surface area contributed by atoms with Gasteiger partial charge in [0.05, 0.1) is 12.7 Å². The molecule has 0 N–H and O–H groups in total. The summed E-state index contributed by atoms with van der Waals surface area (Å²) in [5.74, 6) is -0.998. The zero-order chi connectivity index (χ0) is 12.6. The number of hydrogen-bond acceptors (Lipinski definition) is 4. The van der Waals surface area contributed by atoms with Gasteiger partial charge in [-0.1, -0.05) is 12.1 Å². The molecular weight excluding hydrogens is 220 g/mol. The average molecular weight is 234 g/mol. The number of rotatable bonds is 1. The Balaban J connectivity index is 2.49. The third kappa shape index (κ3) is 1.79. The summed E-state index contributed by atoms with van der Waals surface area (Å²) in [4.78, 5) is 23.5.